The van der Waals surface area contributed by atoms with Crippen LogP contribution in [0.25, 0.3) is 0 Å². The Bertz CT molecular complexity index is 519. The number of nitrogens with zero attached hydrogens (tertiary/aromatic N) is 1. The van der Waals surface area contributed by atoms with Gasteiger partial charge in [0.15, 0.2) is 0 Å². The fraction of sp³-hybridized carbons (Fsp3) is 0.571. The zero-order valence-corrected chi connectivity index (χ0v) is 14.1. The Morgan fingerprint density at radius 2 is 2.00 bits per heavy atom. The molecule has 4 amide bonds. The number of thioether (sulfide) groups is 1. The predicted octanol–water partition coefficient (Wildman–Crippen LogP) is -1.04. The van der Waals surface area contributed by atoms with E-state index >= 15 is 0 Å². The molecule has 0 aliphatic carbocycles. The van der Waals surface area contributed by atoms with Crippen LogP contribution in [0.2, 0.25) is 0 Å². The highest BCUT2D eigenvalue weighted by molar-refractivity contribution is 8.04. The summed E-state index contributed by atoms with van der Waals surface area (Å²) in [5.74, 6) is -1.37. The number of carbonyl (C=O) groups excluding carboxylic acids is 4. The molecule has 0 aromatic heterocycles. The number of hydrogen-bond donors (Lipinski definition) is 3. The summed E-state index contributed by atoms with van der Waals surface area (Å²) in [6.07, 6.45) is 1.26. The van der Waals surface area contributed by atoms with Gasteiger partial charge in [-0.1, -0.05) is 0 Å². The van der Waals surface area contributed by atoms with Gasteiger partial charge in [-0.2, -0.15) is 0 Å². The standard InChI is InChI=1S/C14H22N4O4S/c1-3-16-11(19)4-5-18-13(21)6-10(14(18)22)23-8-12(20)17-7-9(2)15/h6,9H,3-5,7-8,15H2,1-2H3,(H,16,19)(H,17,20). The van der Waals surface area contributed by atoms with E-state index in [1.807, 2.05) is 0 Å². The molecule has 1 unspecified atom stereocenters. The van der Waals surface area contributed by atoms with Gasteiger partial charge in [0, 0.05) is 38.2 Å². The van der Waals surface area contributed by atoms with E-state index in [1.165, 1.54) is 6.08 Å². The van der Waals surface area contributed by atoms with Crippen LogP contribution in [0.3, 0.4) is 0 Å². The zero-order chi connectivity index (χ0) is 17.4. The Morgan fingerprint density at radius 3 is 2.61 bits per heavy atom. The van der Waals surface area contributed by atoms with Crippen molar-refractivity contribution in [1.29, 1.82) is 0 Å². The molecule has 9 heteroatoms. The van der Waals surface area contributed by atoms with Gasteiger partial charge in [-0.05, 0) is 13.8 Å². The van der Waals surface area contributed by atoms with Crippen molar-refractivity contribution in [2.45, 2.75) is 26.3 Å². The summed E-state index contributed by atoms with van der Waals surface area (Å²) in [6, 6.07) is -0.150. The first-order valence-corrected chi connectivity index (χ1v) is 8.33. The number of nitrogens with one attached hydrogen (secondary N) is 2. The topological polar surface area (TPSA) is 122 Å². The van der Waals surface area contributed by atoms with E-state index in [9.17, 15) is 19.2 Å². The van der Waals surface area contributed by atoms with E-state index in [0.717, 1.165) is 16.7 Å². The highest BCUT2D eigenvalue weighted by atomic mass is 32.2. The third-order valence-corrected chi connectivity index (χ3v) is 3.90. The van der Waals surface area contributed by atoms with Crippen molar-refractivity contribution in [2.75, 3.05) is 25.4 Å². The molecule has 0 aromatic carbocycles. The van der Waals surface area contributed by atoms with Crippen LogP contribution < -0.4 is 16.4 Å². The Morgan fingerprint density at radius 1 is 1.30 bits per heavy atom. The minimum Gasteiger partial charge on any atom is -0.356 e. The van der Waals surface area contributed by atoms with Crippen molar-refractivity contribution in [3.63, 3.8) is 0 Å². The molecule has 0 aromatic rings. The fourth-order valence-electron chi connectivity index (χ4n) is 1.77. The number of rotatable bonds is 9. The number of nitrogens with two attached hydrogens (primary N) is 1. The van der Waals surface area contributed by atoms with E-state index in [-0.39, 0.29) is 41.5 Å². The van der Waals surface area contributed by atoms with E-state index < -0.39 is 11.8 Å². The molecule has 1 atom stereocenters. The van der Waals surface area contributed by atoms with Crippen LogP contribution in [0.5, 0.6) is 0 Å². The third kappa shape index (κ3) is 6.41. The van der Waals surface area contributed by atoms with E-state index in [2.05, 4.69) is 10.6 Å². The maximum absolute atomic E-state index is 12.1. The fourth-order valence-corrected chi connectivity index (χ4v) is 2.57. The number of amides is 4. The first-order chi connectivity index (χ1) is 10.8. The van der Waals surface area contributed by atoms with E-state index in [0.29, 0.717) is 13.1 Å². The SMILES string of the molecule is CCNC(=O)CCN1C(=O)C=C(SCC(=O)NCC(C)N)C1=O. The third-order valence-electron chi connectivity index (χ3n) is 2.89. The summed E-state index contributed by atoms with van der Waals surface area (Å²) in [7, 11) is 0. The van der Waals surface area contributed by atoms with Crippen LogP contribution in [0, 0.1) is 0 Å². The normalized spacial score (nSPS) is 15.4. The summed E-state index contributed by atoms with van der Waals surface area (Å²) < 4.78 is 0. The Hall–Kier alpha value is -1.87. The first-order valence-electron chi connectivity index (χ1n) is 7.34. The van der Waals surface area contributed by atoms with Gasteiger partial charge in [-0.25, -0.2) is 0 Å². The minimum absolute atomic E-state index is 0.0287. The summed E-state index contributed by atoms with van der Waals surface area (Å²) in [4.78, 5) is 48.1. The van der Waals surface area contributed by atoms with Gasteiger partial charge < -0.3 is 16.4 Å². The van der Waals surface area contributed by atoms with Gasteiger partial charge in [0.05, 0.1) is 10.7 Å². The monoisotopic (exact) mass is 342 g/mol. The molecule has 1 aliphatic heterocycles. The second-order valence-corrected chi connectivity index (χ2v) is 6.09. The van der Waals surface area contributed by atoms with Crippen LogP contribution >= 0.6 is 11.8 Å². The molecule has 1 aliphatic rings. The average Bonchev–Trinajstić information content (AvgIpc) is 2.75. The highest BCUT2D eigenvalue weighted by Crippen LogP contribution is 2.24. The number of imide groups is 1. The van der Waals surface area contributed by atoms with Crippen molar-refractivity contribution in [3.05, 3.63) is 11.0 Å². The summed E-state index contributed by atoms with van der Waals surface area (Å²) in [6.45, 7) is 4.43. The molecule has 128 valence electrons. The molecule has 23 heavy (non-hydrogen) atoms. The largest absolute Gasteiger partial charge is 0.356 e. The van der Waals surface area contributed by atoms with Crippen LogP contribution in [0.1, 0.15) is 20.3 Å². The van der Waals surface area contributed by atoms with Gasteiger partial charge in [-0.15, -0.1) is 11.8 Å². The van der Waals surface area contributed by atoms with Crippen molar-refractivity contribution < 1.29 is 19.2 Å². The summed E-state index contributed by atoms with van der Waals surface area (Å²) in [5.41, 5.74) is 5.53. The smallest absolute Gasteiger partial charge is 0.267 e. The lowest BCUT2D eigenvalue weighted by atomic mass is 10.3. The van der Waals surface area contributed by atoms with Crippen LogP contribution in [0.15, 0.2) is 11.0 Å². The quantitative estimate of drug-likeness (QED) is 0.460. The number of carbonyl (C=O) groups is 4. The van der Waals surface area contributed by atoms with Crippen molar-refractivity contribution in [2.24, 2.45) is 5.73 Å². The van der Waals surface area contributed by atoms with Crippen LogP contribution in [-0.4, -0.2) is 60.0 Å². The molecule has 0 saturated heterocycles. The molecule has 0 spiro atoms. The molecule has 1 rings (SSSR count). The highest BCUT2D eigenvalue weighted by Gasteiger charge is 2.31. The lowest BCUT2D eigenvalue weighted by Gasteiger charge is -2.14. The molecule has 0 bridgehead atoms. The van der Waals surface area contributed by atoms with Gasteiger partial charge in [0.2, 0.25) is 11.8 Å². The van der Waals surface area contributed by atoms with Crippen molar-refractivity contribution >= 4 is 35.4 Å². The van der Waals surface area contributed by atoms with E-state index in [4.69, 9.17) is 5.73 Å². The Kier molecular flexibility index (Phi) is 7.76. The minimum atomic E-state index is -0.468. The van der Waals surface area contributed by atoms with E-state index in [1.54, 1.807) is 13.8 Å². The van der Waals surface area contributed by atoms with Gasteiger partial charge in [0.1, 0.15) is 0 Å². The molecule has 1 heterocycles. The average molecular weight is 342 g/mol. The molecule has 4 N–H and O–H groups in total. The van der Waals surface area contributed by atoms with Crippen LogP contribution in [0.4, 0.5) is 0 Å². The number of hydrogen-bond acceptors (Lipinski definition) is 6. The summed E-state index contributed by atoms with van der Waals surface area (Å²) in [5, 5.41) is 5.22. The lowest BCUT2D eigenvalue weighted by Crippen LogP contribution is -2.36. The van der Waals surface area contributed by atoms with Crippen molar-refractivity contribution in [1.82, 2.24) is 15.5 Å². The lowest BCUT2D eigenvalue weighted by molar-refractivity contribution is -0.137. The van der Waals surface area contributed by atoms with Crippen LogP contribution in [-0.2, 0) is 19.2 Å². The Balaban J connectivity index is 2.43. The van der Waals surface area contributed by atoms with Gasteiger partial charge in [0.25, 0.3) is 11.8 Å². The molecule has 0 saturated carbocycles. The molecular formula is C14H22N4O4S. The van der Waals surface area contributed by atoms with Gasteiger partial charge in [-0.3, -0.25) is 24.1 Å². The van der Waals surface area contributed by atoms with Gasteiger partial charge >= 0.3 is 0 Å². The zero-order valence-electron chi connectivity index (χ0n) is 13.3. The first kappa shape index (κ1) is 19.2. The predicted molar refractivity (Wildman–Crippen MR) is 87.2 cm³/mol. The Labute approximate surface area is 139 Å². The summed E-state index contributed by atoms with van der Waals surface area (Å²) >= 11 is 1.000. The second-order valence-electron chi connectivity index (χ2n) is 5.08. The maximum atomic E-state index is 12.1. The molecule has 0 radical (unpaired) electrons. The second kappa shape index (κ2) is 9.31. The van der Waals surface area contributed by atoms with Crippen molar-refractivity contribution in [3.8, 4) is 0 Å². The molecular weight excluding hydrogens is 320 g/mol. The molecule has 8 nitrogen and oxygen atoms in total. The molecule has 0 fully saturated rings. The maximum Gasteiger partial charge on any atom is 0.267 e.